The van der Waals surface area contributed by atoms with Gasteiger partial charge in [0.05, 0.1) is 5.52 Å². The Bertz CT molecular complexity index is 989. The minimum atomic E-state index is 0.180. The van der Waals surface area contributed by atoms with E-state index in [4.69, 9.17) is 0 Å². The van der Waals surface area contributed by atoms with E-state index in [0.717, 1.165) is 22.2 Å². The van der Waals surface area contributed by atoms with Gasteiger partial charge in [0, 0.05) is 22.8 Å². The van der Waals surface area contributed by atoms with Crippen LogP contribution in [0.2, 0.25) is 0 Å². The Hall–Kier alpha value is -2.81. The standard InChI is InChI=1S/C22H21BN2/c1-15-13-16(2)21(17(3)14-15)23-11-5-10-20(25-23)19-9-4-7-18-8-6-12-24-22(18)19/h4-14,25H,1-3H3. The van der Waals surface area contributed by atoms with Crippen LogP contribution in [0.15, 0.2) is 66.8 Å². The first-order valence-corrected chi connectivity index (χ1v) is 8.70. The summed E-state index contributed by atoms with van der Waals surface area (Å²) in [6.45, 7) is 6.73. The van der Waals surface area contributed by atoms with Crippen LogP contribution in [0.3, 0.4) is 0 Å². The third-order valence-electron chi connectivity index (χ3n) is 4.85. The Labute approximate surface area is 149 Å². The van der Waals surface area contributed by atoms with Crippen LogP contribution in [0.25, 0.3) is 16.6 Å². The van der Waals surface area contributed by atoms with E-state index >= 15 is 0 Å². The molecule has 1 N–H and O–H groups in total. The van der Waals surface area contributed by atoms with Crippen LogP contribution in [0.4, 0.5) is 0 Å². The van der Waals surface area contributed by atoms with Gasteiger partial charge in [-0.1, -0.05) is 65.1 Å². The minimum absolute atomic E-state index is 0.180. The normalized spacial score (nSPS) is 13.7. The number of aromatic nitrogens is 1. The van der Waals surface area contributed by atoms with Gasteiger partial charge in [0.25, 0.3) is 0 Å². The number of aryl methyl sites for hydroxylation is 3. The second kappa shape index (κ2) is 6.25. The molecule has 0 bridgehead atoms. The molecular formula is C22H21BN2. The molecule has 0 saturated heterocycles. The van der Waals surface area contributed by atoms with Crippen molar-refractivity contribution in [3.05, 3.63) is 89.0 Å². The number of nitrogens with zero attached hydrogens (tertiary/aromatic N) is 1. The summed E-state index contributed by atoms with van der Waals surface area (Å²) in [5.41, 5.74) is 8.64. The first kappa shape index (κ1) is 15.7. The highest BCUT2D eigenvalue weighted by atomic mass is 14.8. The molecule has 2 nitrogen and oxygen atoms in total. The molecule has 0 radical (unpaired) electrons. The van der Waals surface area contributed by atoms with Crippen LogP contribution in [-0.4, -0.2) is 11.8 Å². The monoisotopic (exact) mass is 324 g/mol. The lowest BCUT2D eigenvalue weighted by molar-refractivity contribution is 1.29. The zero-order valence-corrected chi connectivity index (χ0v) is 14.9. The van der Waals surface area contributed by atoms with Gasteiger partial charge >= 0.3 is 6.85 Å². The molecule has 0 atom stereocenters. The Morgan fingerprint density at radius 3 is 2.52 bits per heavy atom. The van der Waals surface area contributed by atoms with E-state index < -0.39 is 0 Å². The molecule has 0 fully saturated rings. The fraction of sp³-hybridized carbons (Fsp3) is 0.136. The molecule has 122 valence electrons. The lowest BCUT2D eigenvalue weighted by atomic mass is 9.52. The Kier molecular flexibility index (Phi) is 3.93. The molecule has 25 heavy (non-hydrogen) atoms. The maximum Gasteiger partial charge on any atom is 0.313 e. The predicted octanol–water partition coefficient (Wildman–Crippen LogP) is 4.10. The smallest absolute Gasteiger partial charge is 0.313 e. The lowest BCUT2D eigenvalue weighted by Gasteiger charge is -2.23. The summed E-state index contributed by atoms with van der Waals surface area (Å²) in [7, 11) is 0. The Morgan fingerprint density at radius 2 is 1.72 bits per heavy atom. The van der Waals surface area contributed by atoms with Crippen molar-refractivity contribution in [3.8, 4) is 0 Å². The van der Waals surface area contributed by atoms with E-state index in [-0.39, 0.29) is 6.85 Å². The molecule has 1 aromatic heterocycles. The summed E-state index contributed by atoms with van der Waals surface area (Å²) in [6, 6.07) is 14.9. The molecule has 0 amide bonds. The molecule has 0 spiro atoms. The van der Waals surface area contributed by atoms with Crippen LogP contribution in [0.5, 0.6) is 0 Å². The fourth-order valence-electron chi connectivity index (χ4n) is 3.87. The summed E-state index contributed by atoms with van der Waals surface area (Å²) in [5, 5.41) is 4.88. The van der Waals surface area contributed by atoms with E-state index in [1.165, 1.54) is 22.2 Å². The Morgan fingerprint density at radius 1 is 0.960 bits per heavy atom. The van der Waals surface area contributed by atoms with Crippen molar-refractivity contribution in [2.75, 3.05) is 0 Å². The highest BCUT2D eigenvalue weighted by Crippen LogP contribution is 2.23. The van der Waals surface area contributed by atoms with E-state index in [9.17, 15) is 0 Å². The largest absolute Gasteiger partial charge is 0.420 e. The number of benzene rings is 2. The summed E-state index contributed by atoms with van der Waals surface area (Å²) < 4.78 is 0. The van der Waals surface area contributed by atoms with E-state index in [1.54, 1.807) is 0 Å². The van der Waals surface area contributed by atoms with Crippen LogP contribution in [0.1, 0.15) is 22.3 Å². The van der Waals surface area contributed by atoms with Gasteiger partial charge in [0.15, 0.2) is 0 Å². The van der Waals surface area contributed by atoms with Gasteiger partial charge in [-0.15, -0.1) is 0 Å². The van der Waals surface area contributed by atoms with Crippen molar-refractivity contribution in [1.29, 1.82) is 0 Å². The van der Waals surface area contributed by atoms with Crippen molar-refractivity contribution in [3.63, 3.8) is 0 Å². The summed E-state index contributed by atoms with van der Waals surface area (Å²) in [5.74, 6) is 2.23. The van der Waals surface area contributed by atoms with E-state index in [1.807, 2.05) is 12.3 Å². The third kappa shape index (κ3) is 2.87. The van der Waals surface area contributed by atoms with Crippen LogP contribution >= 0.6 is 0 Å². The molecule has 3 aromatic rings. The van der Waals surface area contributed by atoms with Crippen molar-refractivity contribution in [2.24, 2.45) is 0 Å². The molecular weight excluding hydrogens is 303 g/mol. The van der Waals surface area contributed by atoms with Gasteiger partial charge in [0.1, 0.15) is 0 Å². The molecule has 2 heterocycles. The second-order valence-corrected chi connectivity index (χ2v) is 6.78. The number of rotatable bonds is 2. The third-order valence-corrected chi connectivity index (χ3v) is 4.85. The molecule has 0 saturated carbocycles. The first-order valence-electron chi connectivity index (χ1n) is 8.70. The summed E-state index contributed by atoms with van der Waals surface area (Å²) >= 11 is 0. The van der Waals surface area contributed by atoms with Crippen molar-refractivity contribution >= 4 is 28.9 Å². The van der Waals surface area contributed by atoms with E-state index in [0.29, 0.717) is 0 Å². The zero-order valence-electron chi connectivity index (χ0n) is 14.9. The van der Waals surface area contributed by atoms with Crippen molar-refractivity contribution in [1.82, 2.24) is 10.2 Å². The molecule has 0 unspecified atom stereocenters. The molecule has 3 heteroatoms. The van der Waals surface area contributed by atoms with Crippen molar-refractivity contribution in [2.45, 2.75) is 20.8 Å². The number of hydrogen-bond donors (Lipinski definition) is 1. The lowest BCUT2D eigenvalue weighted by Crippen LogP contribution is -2.46. The minimum Gasteiger partial charge on any atom is -0.420 e. The molecule has 4 rings (SSSR count). The quantitative estimate of drug-likeness (QED) is 0.718. The van der Waals surface area contributed by atoms with Gasteiger partial charge in [-0.25, -0.2) is 0 Å². The highest BCUT2D eigenvalue weighted by Gasteiger charge is 2.23. The number of allylic oxidation sites excluding steroid dienone is 2. The highest BCUT2D eigenvalue weighted by molar-refractivity contribution is 6.77. The molecule has 1 aliphatic heterocycles. The molecule has 1 aliphatic rings. The van der Waals surface area contributed by atoms with Crippen LogP contribution < -0.4 is 10.7 Å². The number of hydrogen-bond acceptors (Lipinski definition) is 2. The summed E-state index contributed by atoms with van der Waals surface area (Å²) in [4.78, 5) is 4.60. The molecule has 2 aromatic carbocycles. The maximum atomic E-state index is 4.60. The number of para-hydroxylation sites is 1. The number of pyridine rings is 1. The molecule has 0 aliphatic carbocycles. The average Bonchev–Trinajstić information content (AvgIpc) is 2.61. The summed E-state index contributed by atoms with van der Waals surface area (Å²) in [6.07, 6.45) is 6.15. The van der Waals surface area contributed by atoms with Gasteiger partial charge in [-0.2, -0.15) is 0 Å². The van der Waals surface area contributed by atoms with Gasteiger partial charge < -0.3 is 5.23 Å². The van der Waals surface area contributed by atoms with E-state index in [2.05, 4.69) is 85.5 Å². The first-order chi connectivity index (χ1) is 12.1. The van der Waals surface area contributed by atoms with Gasteiger partial charge in [0.2, 0.25) is 0 Å². The number of nitrogens with one attached hydrogen (secondary N) is 1. The maximum absolute atomic E-state index is 4.60. The zero-order chi connectivity index (χ0) is 17.4. The Balaban J connectivity index is 1.75. The van der Waals surface area contributed by atoms with Crippen molar-refractivity contribution < 1.29 is 0 Å². The average molecular weight is 324 g/mol. The van der Waals surface area contributed by atoms with Crippen LogP contribution in [0, 0.1) is 20.8 Å². The fourth-order valence-corrected chi connectivity index (χ4v) is 3.87. The SMILES string of the molecule is Cc1cc(C)c(B2C=CC=C(c3cccc4cccnc34)N2)c(C)c1. The van der Waals surface area contributed by atoms with Gasteiger partial charge in [-0.3, -0.25) is 4.98 Å². The topological polar surface area (TPSA) is 24.9 Å². The van der Waals surface area contributed by atoms with Gasteiger partial charge in [-0.05, 0) is 38.4 Å². The predicted molar refractivity (Wildman–Crippen MR) is 108 cm³/mol. The number of fused-ring (bicyclic) bond motifs is 1. The van der Waals surface area contributed by atoms with Crippen LogP contribution in [-0.2, 0) is 0 Å². The second-order valence-electron chi connectivity index (χ2n) is 6.78.